The lowest BCUT2D eigenvalue weighted by molar-refractivity contribution is 0.321. The number of pyridine rings is 1. The maximum Gasteiger partial charge on any atom is 0.264 e. The third-order valence-corrected chi connectivity index (χ3v) is 3.51. The van der Waals surface area contributed by atoms with Gasteiger partial charge in [0.1, 0.15) is 5.82 Å². The van der Waals surface area contributed by atoms with Crippen LogP contribution in [0.3, 0.4) is 0 Å². The summed E-state index contributed by atoms with van der Waals surface area (Å²) in [4.78, 5) is 8.75. The maximum atomic E-state index is 13.6. The number of nitrogens with one attached hydrogen (secondary N) is 1. The number of rotatable bonds is 4. The van der Waals surface area contributed by atoms with Crippen molar-refractivity contribution in [3.63, 3.8) is 0 Å². The summed E-state index contributed by atoms with van der Waals surface area (Å²) in [7, 11) is 0. The fourth-order valence-electron chi connectivity index (χ4n) is 2.28. The molecule has 1 unspecified atom stereocenters. The van der Waals surface area contributed by atoms with E-state index in [1.807, 2.05) is 45.0 Å². The van der Waals surface area contributed by atoms with Crippen LogP contribution in [0.4, 0.5) is 10.3 Å². The van der Waals surface area contributed by atoms with Crippen LogP contribution in [-0.2, 0) is 5.41 Å². The van der Waals surface area contributed by atoms with Crippen LogP contribution in [0, 0.1) is 5.82 Å². The van der Waals surface area contributed by atoms with Gasteiger partial charge >= 0.3 is 0 Å². The van der Waals surface area contributed by atoms with Gasteiger partial charge in [-0.25, -0.2) is 4.39 Å². The van der Waals surface area contributed by atoms with Gasteiger partial charge in [-0.05, 0) is 35.0 Å². The van der Waals surface area contributed by atoms with Crippen molar-refractivity contribution in [2.24, 2.45) is 0 Å². The topological polar surface area (TPSA) is 63.8 Å². The highest BCUT2D eigenvalue weighted by Gasteiger charge is 2.24. The van der Waals surface area contributed by atoms with Crippen molar-refractivity contribution in [2.45, 2.75) is 32.2 Å². The fraction of sp³-hybridized carbons (Fsp3) is 0.278. The van der Waals surface area contributed by atoms with Gasteiger partial charge in [0.05, 0.1) is 11.7 Å². The smallest absolute Gasteiger partial charge is 0.264 e. The molecule has 0 aliphatic heterocycles. The predicted molar refractivity (Wildman–Crippen MR) is 89.1 cm³/mol. The van der Waals surface area contributed by atoms with Gasteiger partial charge in [-0.1, -0.05) is 39.0 Å². The van der Waals surface area contributed by atoms with Crippen LogP contribution >= 0.6 is 0 Å². The monoisotopic (exact) mass is 326 g/mol. The summed E-state index contributed by atoms with van der Waals surface area (Å²) in [5.74, 6) is 0.572. The van der Waals surface area contributed by atoms with Crippen molar-refractivity contribution in [2.75, 3.05) is 5.32 Å². The number of benzene rings is 1. The molecule has 1 aromatic carbocycles. The standard InChI is InChI=1S/C18H19FN4O/c1-18(2,3)16-22-17(23-24-16)21-15(14-9-4-5-10-20-14)12-7-6-8-13(19)11-12/h4-11,15H,1-3H3,(H,21,23). The zero-order valence-corrected chi connectivity index (χ0v) is 13.8. The Morgan fingerprint density at radius 1 is 1.12 bits per heavy atom. The maximum absolute atomic E-state index is 13.6. The Morgan fingerprint density at radius 2 is 1.96 bits per heavy atom. The van der Waals surface area contributed by atoms with Crippen LogP contribution in [0.2, 0.25) is 0 Å². The highest BCUT2D eigenvalue weighted by Crippen LogP contribution is 2.26. The lowest BCUT2D eigenvalue weighted by Crippen LogP contribution is -2.16. The second-order valence-electron chi connectivity index (χ2n) is 6.56. The molecule has 5 nitrogen and oxygen atoms in total. The third-order valence-electron chi connectivity index (χ3n) is 3.51. The Labute approximate surface area is 139 Å². The Balaban J connectivity index is 1.95. The Hall–Kier alpha value is -2.76. The minimum absolute atomic E-state index is 0.244. The van der Waals surface area contributed by atoms with Crippen molar-refractivity contribution < 1.29 is 8.91 Å². The molecule has 0 spiro atoms. The first-order valence-corrected chi connectivity index (χ1v) is 7.70. The van der Waals surface area contributed by atoms with E-state index < -0.39 is 0 Å². The van der Waals surface area contributed by atoms with Crippen molar-refractivity contribution in [1.82, 2.24) is 15.1 Å². The van der Waals surface area contributed by atoms with E-state index in [-0.39, 0.29) is 17.3 Å². The zero-order chi connectivity index (χ0) is 17.2. The first kappa shape index (κ1) is 16.1. The average molecular weight is 326 g/mol. The summed E-state index contributed by atoms with van der Waals surface area (Å²) in [6, 6.07) is 11.6. The van der Waals surface area contributed by atoms with Crippen LogP contribution < -0.4 is 5.32 Å². The lowest BCUT2D eigenvalue weighted by atomic mass is 9.97. The van der Waals surface area contributed by atoms with Crippen LogP contribution in [0.15, 0.2) is 53.2 Å². The Morgan fingerprint density at radius 3 is 2.58 bits per heavy atom. The van der Waals surface area contributed by atoms with Crippen molar-refractivity contribution in [3.05, 3.63) is 71.6 Å². The molecule has 3 aromatic rings. The molecular formula is C18H19FN4O. The molecule has 0 aliphatic carbocycles. The molecule has 0 fully saturated rings. The molecule has 0 amide bonds. The highest BCUT2D eigenvalue weighted by molar-refractivity contribution is 5.38. The van der Waals surface area contributed by atoms with E-state index >= 15 is 0 Å². The highest BCUT2D eigenvalue weighted by atomic mass is 19.1. The van der Waals surface area contributed by atoms with Crippen LogP contribution in [0.25, 0.3) is 0 Å². The number of nitrogens with zero attached hydrogens (tertiary/aromatic N) is 3. The molecule has 0 saturated carbocycles. The molecule has 0 saturated heterocycles. The van der Waals surface area contributed by atoms with Gasteiger partial charge in [-0.15, -0.1) is 0 Å². The van der Waals surface area contributed by atoms with Gasteiger partial charge < -0.3 is 9.84 Å². The summed E-state index contributed by atoms with van der Waals surface area (Å²) >= 11 is 0. The summed E-state index contributed by atoms with van der Waals surface area (Å²) in [6.45, 7) is 5.98. The summed E-state index contributed by atoms with van der Waals surface area (Å²) in [5, 5.41) is 7.16. The molecule has 124 valence electrons. The van der Waals surface area contributed by atoms with Crippen LogP contribution in [-0.4, -0.2) is 15.1 Å². The summed E-state index contributed by atoms with van der Waals surface area (Å²) in [5.41, 5.74) is 1.23. The average Bonchev–Trinajstić information content (AvgIpc) is 3.02. The van der Waals surface area contributed by atoms with Crippen LogP contribution in [0.1, 0.15) is 44.0 Å². The quantitative estimate of drug-likeness (QED) is 0.782. The summed E-state index contributed by atoms with van der Waals surface area (Å²) in [6.07, 6.45) is 1.69. The second-order valence-corrected chi connectivity index (χ2v) is 6.56. The molecule has 0 radical (unpaired) electrons. The largest absolute Gasteiger partial charge is 0.339 e. The van der Waals surface area contributed by atoms with Crippen LogP contribution in [0.5, 0.6) is 0 Å². The van der Waals surface area contributed by atoms with Crippen molar-refractivity contribution >= 4 is 5.95 Å². The van der Waals surface area contributed by atoms with Gasteiger partial charge in [0.25, 0.3) is 5.95 Å². The number of halogens is 1. The molecule has 6 heteroatoms. The number of anilines is 1. The van der Waals surface area contributed by atoms with Gasteiger partial charge in [0.15, 0.2) is 0 Å². The third kappa shape index (κ3) is 3.59. The molecular weight excluding hydrogens is 307 g/mol. The molecule has 3 rings (SSSR count). The number of aromatic nitrogens is 3. The van der Waals surface area contributed by atoms with E-state index in [1.165, 1.54) is 12.1 Å². The zero-order valence-electron chi connectivity index (χ0n) is 13.8. The SMILES string of the molecule is CC(C)(C)c1nc(NC(c2cccc(F)c2)c2ccccn2)no1. The van der Waals surface area contributed by atoms with Gasteiger partial charge in [-0.2, -0.15) is 4.98 Å². The fourth-order valence-corrected chi connectivity index (χ4v) is 2.28. The van der Waals surface area contributed by atoms with Crippen molar-refractivity contribution in [1.29, 1.82) is 0 Å². The molecule has 24 heavy (non-hydrogen) atoms. The summed E-state index contributed by atoms with van der Waals surface area (Å²) < 4.78 is 19.0. The second kappa shape index (κ2) is 6.39. The molecule has 1 atom stereocenters. The van der Waals surface area contributed by atoms with Gasteiger partial charge in [0, 0.05) is 11.6 Å². The number of hydrogen-bond donors (Lipinski definition) is 1. The first-order chi connectivity index (χ1) is 11.4. The predicted octanol–water partition coefficient (Wildman–Crippen LogP) is 4.10. The van der Waals surface area contributed by atoms with E-state index in [0.717, 1.165) is 11.3 Å². The molecule has 0 bridgehead atoms. The Bertz CT molecular complexity index is 811. The molecule has 2 aromatic heterocycles. The van der Waals surface area contributed by atoms with Gasteiger partial charge in [-0.3, -0.25) is 4.98 Å². The number of hydrogen-bond acceptors (Lipinski definition) is 5. The van der Waals surface area contributed by atoms with E-state index in [4.69, 9.17) is 4.52 Å². The minimum atomic E-state index is -0.382. The van der Waals surface area contributed by atoms with Gasteiger partial charge in [0.2, 0.25) is 5.89 Å². The van der Waals surface area contributed by atoms with E-state index in [0.29, 0.717) is 11.8 Å². The Kier molecular flexibility index (Phi) is 4.29. The molecule has 1 N–H and O–H groups in total. The van der Waals surface area contributed by atoms with E-state index in [9.17, 15) is 4.39 Å². The van der Waals surface area contributed by atoms with Crippen molar-refractivity contribution in [3.8, 4) is 0 Å². The minimum Gasteiger partial charge on any atom is -0.339 e. The lowest BCUT2D eigenvalue weighted by Gasteiger charge is -2.17. The molecule has 2 heterocycles. The van der Waals surface area contributed by atoms with E-state index in [2.05, 4.69) is 20.4 Å². The first-order valence-electron chi connectivity index (χ1n) is 7.70. The normalized spacial score (nSPS) is 12.8. The van der Waals surface area contributed by atoms with E-state index in [1.54, 1.807) is 12.3 Å². The molecule has 0 aliphatic rings.